The molecular weight excluding hydrogens is 170 g/mol. The Balaban J connectivity index is 2.50. The molecule has 1 aromatic rings. The van der Waals surface area contributed by atoms with Crippen LogP contribution in [-0.2, 0) is 9.78 Å². The summed E-state index contributed by atoms with van der Waals surface area (Å²) >= 11 is 0. The van der Waals surface area contributed by atoms with Crippen molar-refractivity contribution >= 4 is 5.97 Å². The fourth-order valence-electron chi connectivity index (χ4n) is 0.672. The first-order valence-electron chi connectivity index (χ1n) is 3.98. The van der Waals surface area contributed by atoms with E-state index in [1.54, 1.807) is 32.2 Å². The molecule has 70 valence electrons. The zero-order chi connectivity index (χ0) is 9.68. The number of carbonyl (C=O) groups excluding carboxylic acids is 1. The van der Waals surface area contributed by atoms with Gasteiger partial charge in [0, 0.05) is 12.4 Å². The van der Waals surface area contributed by atoms with Gasteiger partial charge in [-0.3, -0.25) is 9.87 Å². The molecule has 0 aromatic carbocycles. The highest BCUT2D eigenvalue weighted by atomic mass is 17.2. The molecule has 0 fully saturated rings. The van der Waals surface area contributed by atoms with Crippen molar-refractivity contribution in [3.8, 4) is 0 Å². The predicted octanol–water partition coefficient (Wildman–Crippen LogP) is 1.58. The summed E-state index contributed by atoms with van der Waals surface area (Å²) < 4.78 is 0. The highest BCUT2D eigenvalue weighted by Gasteiger charge is 2.08. The van der Waals surface area contributed by atoms with Crippen LogP contribution in [0.1, 0.15) is 24.2 Å². The van der Waals surface area contributed by atoms with Crippen LogP contribution in [0.2, 0.25) is 0 Å². The molecule has 0 aliphatic heterocycles. The van der Waals surface area contributed by atoms with Crippen LogP contribution < -0.4 is 0 Å². The van der Waals surface area contributed by atoms with Crippen LogP contribution in [0.15, 0.2) is 24.5 Å². The highest BCUT2D eigenvalue weighted by molar-refractivity contribution is 5.88. The quantitative estimate of drug-likeness (QED) is 0.524. The maximum atomic E-state index is 11.2. The summed E-state index contributed by atoms with van der Waals surface area (Å²) in [4.78, 5) is 24.1. The number of nitrogens with zero attached hydrogens (tertiary/aromatic N) is 1. The van der Waals surface area contributed by atoms with Gasteiger partial charge in [-0.2, -0.15) is 4.89 Å². The number of hydrogen-bond acceptors (Lipinski definition) is 4. The topological polar surface area (TPSA) is 48.4 Å². The van der Waals surface area contributed by atoms with Gasteiger partial charge in [-0.15, -0.1) is 0 Å². The van der Waals surface area contributed by atoms with Crippen molar-refractivity contribution in [2.75, 3.05) is 0 Å². The number of rotatable bonds is 3. The van der Waals surface area contributed by atoms with E-state index < -0.39 is 5.97 Å². The fourth-order valence-corrected chi connectivity index (χ4v) is 0.672. The van der Waals surface area contributed by atoms with Gasteiger partial charge < -0.3 is 0 Å². The number of aromatic nitrogens is 1. The standard InChI is InChI=1S/C9H11NO3/c1-7(2)12-13-9(11)8-4-3-5-10-6-8/h3-7H,1-2H3. The normalized spacial score (nSPS) is 10.1. The van der Waals surface area contributed by atoms with Crippen LogP contribution in [0.4, 0.5) is 0 Å². The molecule has 0 saturated heterocycles. The second kappa shape index (κ2) is 4.57. The fraction of sp³-hybridized carbons (Fsp3) is 0.333. The van der Waals surface area contributed by atoms with Crippen LogP contribution in [-0.4, -0.2) is 17.1 Å². The molecule has 0 bridgehead atoms. The van der Waals surface area contributed by atoms with Crippen molar-refractivity contribution < 1.29 is 14.6 Å². The van der Waals surface area contributed by atoms with Gasteiger partial charge in [-0.1, -0.05) is 0 Å². The second-order valence-corrected chi connectivity index (χ2v) is 2.76. The SMILES string of the molecule is CC(C)OOC(=O)c1cccnc1. The van der Waals surface area contributed by atoms with E-state index >= 15 is 0 Å². The Hall–Kier alpha value is -1.42. The zero-order valence-electron chi connectivity index (χ0n) is 7.56. The lowest BCUT2D eigenvalue weighted by atomic mass is 10.3. The minimum atomic E-state index is -0.526. The lowest BCUT2D eigenvalue weighted by Crippen LogP contribution is -2.10. The van der Waals surface area contributed by atoms with Crippen molar-refractivity contribution in [1.82, 2.24) is 4.98 Å². The van der Waals surface area contributed by atoms with Gasteiger partial charge in [0.25, 0.3) is 0 Å². The van der Waals surface area contributed by atoms with Crippen LogP contribution in [0, 0.1) is 0 Å². The molecule has 13 heavy (non-hydrogen) atoms. The van der Waals surface area contributed by atoms with Crippen molar-refractivity contribution in [2.24, 2.45) is 0 Å². The third kappa shape index (κ3) is 3.21. The molecule has 0 aliphatic carbocycles. The first-order valence-corrected chi connectivity index (χ1v) is 3.98. The summed E-state index contributed by atoms with van der Waals surface area (Å²) in [6.45, 7) is 3.55. The Morgan fingerprint density at radius 1 is 1.54 bits per heavy atom. The zero-order valence-corrected chi connectivity index (χ0v) is 7.56. The summed E-state index contributed by atoms with van der Waals surface area (Å²) in [5, 5.41) is 0. The van der Waals surface area contributed by atoms with Crippen LogP contribution in [0.25, 0.3) is 0 Å². The van der Waals surface area contributed by atoms with Gasteiger partial charge in [0.15, 0.2) is 0 Å². The summed E-state index contributed by atoms with van der Waals surface area (Å²) in [6.07, 6.45) is 2.87. The van der Waals surface area contributed by atoms with E-state index in [0.717, 1.165) is 0 Å². The third-order valence-electron chi connectivity index (χ3n) is 1.21. The number of hydrogen-bond donors (Lipinski definition) is 0. The van der Waals surface area contributed by atoms with E-state index in [2.05, 4.69) is 14.8 Å². The van der Waals surface area contributed by atoms with Gasteiger partial charge in [-0.25, -0.2) is 4.79 Å². The van der Waals surface area contributed by atoms with E-state index in [1.807, 2.05) is 0 Å². The van der Waals surface area contributed by atoms with Crippen molar-refractivity contribution in [3.05, 3.63) is 30.1 Å². The summed E-state index contributed by atoms with van der Waals surface area (Å²) in [5.74, 6) is -0.526. The van der Waals surface area contributed by atoms with E-state index in [1.165, 1.54) is 6.20 Å². The Morgan fingerprint density at radius 3 is 2.85 bits per heavy atom. The second-order valence-electron chi connectivity index (χ2n) is 2.76. The molecule has 0 unspecified atom stereocenters. The molecule has 0 spiro atoms. The number of pyridine rings is 1. The van der Waals surface area contributed by atoms with Gasteiger partial charge >= 0.3 is 5.97 Å². The van der Waals surface area contributed by atoms with E-state index in [-0.39, 0.29) is 6.10 Å². The van der Waals surface area contributed by atoms with Crippen LogP contribution in [0.5, 0.6) is 0 Å². The minimum Gasteiger partial charge on any atom is -0.292 e. The molecule has 4 heteroatoms. The Bertz CT molecular complexity index is 271. The van der Waals surface area contributed by atoms with Gasteiger partial charge in [-0.05, 0) is 26.0 Å². The molecule has 0 radical (unpaired) electrons. The average Bonchev–Trinajstić information content (AvgIpc) is 2.15. The molecule has 1 heterocycles. The first kappa shape index (κ1) is 9.67. The largest absolute Gasteiger partial charge is 0.374 e. The summed E-state index contributed by atoms with van der Waals surface area (Å²) in [7, 11) is 0. The molecule has 4 nitrogen and oxygen atoms in total. The maximum absolute atomic E-state index is 11.2. The third-order valence-corrected chi connectivity index (χ3v) is 1.21. The van der Waals surface area contributed by atoms with Crippen molar-refractivity contribution in [2.45, 2.75) is 20.0 Å². The smallest absolute Gasteiger partial charge is 0.292 e. The average molecular weight is 181 g/mol. The Kier molecular flexibility index (Phi) is 3.40. The van der Waals surface area contributed by atoms with Crippen molar-refractivity contribution in [3.63, 3.8) is 0 Å². The van der Waals surface area contributed by atoms with Gasteiger partial charge in [0.2, 0.25) is 0 Å². The summed E-state index contributed by atoms with van der Waals surface area (Å²) in [6, 6.07) is 3.27. The molecule has 0 N–H and O–H groups in total. The predicted molar refractivity (Wildman–Crippen MR) is 45.9 cm³/mol. The molecule has 1 aromatic heterocycles. The van der Waals surface area contributed by atoms with Gasteiger partial charge in [0.1, 0.15) is 0 Å². The molecule has 0 amide bonds. The van der Waals surface area contributed by atoms with Gasteiger partial charge in [0.05, 0.1) is 11.7 Å². The Labute approximate surface area is 76.4 Å². The lowest BCUT2D eigenvalue weighted by molar-refractivity contribution is -0.265. The minimum absolute atomic E-state index is 0.138. The molecule has 0 aliphatic rings. The van der Waals surface area contributed by atoms with Crippen molar-refractivity contribution in [1.29, 1.82) is 0 Å². The number of carbonyl (C=O) groups is 1. The maximum Gasteiger partial charge on any atom is 0.374 e. The molecule has 0 saturated carbocycles. The van der Waals surface area contributed by atoms with E-state index in [0.29, 0.717) is 5.56 Å². The summed E-state index contributed by atoms with van der Waals surface area (Å²) in [5.41, 5.74) is 0.378. The molecule has 1 rings (SSSR count). The molecular formula is C9H11NO3. The van der Waals surface area contributed by atoms with E-state index in [4.69, 9.17) is 0 Å². The van der Waals surface area contributed by atoms with Crippen LogP contribution >= 0.6 is 0 Å². The molecule has 0 atom stereocenters. The van der Waals surface area contributed by atoms with Crippen LogP contribution in [0.3, 0.4) is 0 Å². The Morgan fingerprint density at radius 2 is 2.31 bits per heavy atom. The highest BCUT2D eigenvalue weighted by Crippen LogP contribution is 2.00. The lowest BCUT2D eigenvalue weighted by Gasteiger charge is -2.04. The monoisotopic (exact) mass is 181 g/mol. The van der Waals surface area contributed by atoms with E-state index in [9.17, 15) is 4.79 Å². The first-order chi connectivity index (χ1) is 6.20.